The van der Waals surface area contributed by atoms with Crippen LogP contribution in [0.3, 0.4) is 0 Å². The average Bonchev–Trinajstić information content (AvgIpc) is 2.64. The minimum Gasteiger partial charge on any atom is -0.355 e. The summed E-state index contributed by atoms with van der Waals surface area (Å²) in [6.07, 6.45) is 0.933. The van der Waals surface area contributed by atoms with Crippen LogP contribution in [0.15, 0.2) is 24.3 Å². The fourth-order valence-corrected chi connectivity index (χ4v) is 3.46. The summed E-state index contributed by atoms with van der Waals surface area (Å²) >= 11 is 2.12. The van der Waals surface area contributed by atoms with Crippen molar-refractivity contribution < 1.29 is 9.59 Å². The number of halogens is 1. The second-order valence-electron chi connectivity index (χ2n) is 6.14. The molecule has 138 valence electrons. The topological polar surface area (TPSA) is 64.7 Å². The number of amides is 2. The number of carbonyl (C=O) groups is 2. The Morgan fingerprint density at radius 2 is 1.76 bits per heavy atom. The zero-order valence-electron chi connectivity index (χ0n) is 14.8. The summed E-state index contributed by atoms with van der Waals surface area (Å²) in [7, 11) is 0. The molecular weight excluding hydrogens is 431 g/mol. The summed E-state index contributed by atoms with van der Waals surface area (Å²) in [6.45, 7) is 9.46. The SMILES string of the molecule is CCN1CCN(CCCNC(=O)CNC(=O)c2ccccc2I)CC1. The van der Waals surface area contributed by atoms with E-state index in [1.165, 1.54) is 0 Å². The number of nitrogens with one attached hydrogen (secondary N) is 2. The summed E-state index contributed by atoms with van der Waals surface area (Å²) in [5.74, 6) is -0.357. The summed E-state index contributed by atoms with van der Waals surface area (Å²) in [5, 5.41) is 5.54. The van der Waals surface area contributed by atoms with Crippen LogP contribution in [0.5, 0.6) is 0 Å². The van der Waals surface area contributed by atoms with Gasteiger partial charge in [-0.25, -0.2) is 0 Å². The molecule has 0 aliphatic carbocycles. The van der Waals surface area contributed by atoms with Crippen molar-refractivity contribution in [3.05, 3.63) is 33.4 Å². The smallest absolute Gasteiger partial charge is 0.252 e. The number of likely N-dealkylation sites (N-methyl/N-ethyl adjacent to an activating group) is 1. The van der Waals surface area contributed by atoms with Crippen molar-refractivity contribution in [1.29, 1.82) is 0 Å². The first-order chi connectivity index (χ1) is 12.1. The highest BCUT2D eigenvalue weighted by Gasteiger charge is 2.15. The Balaban J connectivity index is 1.57. The quantitative estimate of drug-likeness (QED) is 0.454. The van der Waals surface area contributed by atoms with Gasteiger partial charge in [-0.1, -0.05) is 19.1 Å². The van der Waals surface area contributed by atoms with E-state index in [4.69, 9.17) is 0 Å². The molecule has 0 aromatic heterocycles. The van der Waals surface area contributed by atoms with Gasteiger partial charge >= 0.3 is 0 Å². The molecule has 0 saturated carbocycles. The predicted octanol–water partition coefficient (Wildman–Crippen LogP) is 1.16. The first-order valence-electron chi connectivity index (χ1n) is 8.84. The Hall–Kier alpha value is -1.19. The van der Waals surface area contributed by atoms with Crippen molar-refractivity contribution >= 4 is 34.4 Å². The lowest BCUT2D eigenvalue weighted by atomic mass is 10.2. The molecule has 1 heterocycles. The lowest BCUT2D eigenvalue weighted by molar-refractivity contribution is -0.120. The van der Waals surface area contributed by atoms with Gasteiger partial charge in [0.25, 0.3) is 5.91 Å². The number of piperazine rings is 1. The number of hydrogen-bond donors (Lipinski definition) is 2. The molecule has 2 N–H and O–H groups in total. The molecule has 0 bridgehead atoms. The third-order valence-electron chi connectivity index (χ3n) is 4.41. The molecule has 6 nitrogen and oxygen atoms in total. The second-order valence-corrected chi connectivity index (χ2v) is 7.30. The molecule has 0 atom stereocenters. The zero-order chi connectivity index (χ0) is 18.1. The molecule has 0 spiro atoms. The third-order valence-corrected chi connectivity index (χ3v) is 5.35. The molecule has 1 aliphatic rings. The van der Waals surface area contributed by atoms with Crippen molar-refractivity contribution in [2.75, 3.05) is 52.4 Å². The number of carbonyl (C=O) groups excluding carboxylic acids is 2. The van der Waals surface area contributed by atoms with Crippen LogP contribution in [0.1, 0.15) is 23.7 Å². The summed E-state index contributed by atoms with van der Waals surface area (Å²) < 4.78 is 0.876. The second kappa shape index (κ2) is 10.7. The van der Waals surface area contributed by atoms with E-state index in [0.29, 0.717) is 12.1 Å². The van der Waals surface area contributed by atoms with E-state index in [1.807, 2.05) is 18.2 Å². The molecule has 0 radical (unpaired) electrons. The summed E-state index contributed by atoms with van der Waals surface area (Å²) in [6, 6.07) is 7.33. The molecule has 1 aromatic rings. The molecule has 1 aromatic carbocycles. The van der Waals surface area contributed by atoms with E-state index in [2.05, 4.69) is 49.9 Å². The van der Waals surface area contributed by atoms with Crippen LogP contribution >= 0.6 is 22.6 Å². The lowest BCUT2D eigenvalue weighted by Crippen LogP contribution is -2.46. The molecule has 0 unspecified atom stereocenters. The molecule has 1 saturated heterocycles. The summed E-state index contributed by atoms with van der Waals surface area (Å²) in [4.78, 5) is 28.8. The van der Waals surface area contributed by atoms with Crippen molar-refractivity contribution in [3.8, 4) is 0 Å². The van der Waals surface area contributed by atoms with Gasteiger partial charge in [-0.15, -0.1) is 0 Å². The fraction of sp³-hybridized carbons (Fsp3) is 0.556. The normalized spacial score (nSPS) is 15.8. The molecule has 2 amide bonds. The minimum absolute atomic E-state index is 0.0129. The average molecular weight is 458 g/mol. The van der Waals surface area contributed by atoms with Crippen molar-refractivity contribution in [2.45, 2.75) is 13.3 Å². The van der Waals surface area contributed by atoms with Crippen LogP contribution in [-0.4, -0.2) is 74.0 Å². The largest absolute Gasteiger partial charge is 0.355 e. The van der Waals surface area contributed by atoms with Gasteiger partial charge in [0.1, 0.15) is 0 Å². The fourth-order valence-electron chi connectivity index (χ4n) is 2.82. The summed E-state index contributed by atoms with van der Waals surface area (Å²) in [5.41, 5.74) is 0.599. The van der Waals surface area contributed by atoms with E-state index in [-0.39, 0.29) is 18.4 Å². The van der Waals surface area contributed by atoms with E-state index in [1.54, 1.807) is 6.07 Å². The Kier molecular flexibility index (Phi) is 8.63. The molecular formula is C18H27IN4O2. The molecule has 2 rings (SSSR count). The third kappa shape index (κ3) is 6.91. The first-order valence-corrected chi connectivity index (χ1v) is 9.92. The number of rotatable bonds is 8. The molecule has 1 fully saturated rings. The minimum atomic E-state index is -0.214. The van der Waals surface area contributed by atoms with Gasteiger partial charge in [0.15, 0.2) is 0 Å². The van der Waals surface area contributed by atoms with Crippen molar-refractivity contribution in [1.82, 2.24) is 20.4 Å². The first kappa shape index (κ1) is 20.1. The molecule has 25 heavy (non-hydrogen) atoms. The number of nitrogens with zero attached hydrogens (tertiary/aromatic N) is 2. The van der Waals surface area contributed by atoms with Gasteiger partial charge in [0.2, 0.25) is 5.91 Å². The van der Waals surface area contributed by atoms with Crippen LogP contribution in [0.2, 0.25) is 0 Å². The highest BCUT2D eigenvalue weighted by molar-refractivity contribution is 14.1. The van der Waals surface area contributed by atoms with Gasteiger partial charge in [-0.3, -0.25) is 9.59 Å². The van der Waals surface area contributed by atoms with Crippen LogP contribution in [0.25, 0.3) is 0 Å². The van der Waals surface area contributed by atoms with E-state index >= 15 is 0 Å². The van der Waals surface area contributed by atoms with E-state index in [9.17, 15) is 9.59 Å². The maximum atomic E-state index is 12.1. The zero-order valence-corrected chi connectivity index (χ0v) is 16.9. The van der Waals surface area contributed by atoms with Gasteiger partial charge in [-0.05, 0) is 54.2 Å². The Morgan fingerprint density at radius 3 is 2.44 bits per heavy atom. The van der Waals surface area contributed by atoms with Gasteiger partial charge < -0.3 is 20.4 Å². The van der Waals surface area contributed by atoms with Crippen LogP contribution < -0.4 is 10.6 Å². The van der Waals surface area contributed by atoms with Gasteiger partial charge in [-0.2, -0.15) is 0 Å². The number of benzene rings is 1. The predicted molar refractivity (Wildman–Crippen MR) is 108 cm³/mol. The van der Waals surface area contributed by atoms with Crippen LogP contribution in [0, 0.1) is 3.57 Å². The van der Waals surface area contributed by atoms with Crippen LogP contribution in [0.4, 0.5) is 0 Å². The van der Waals surface area contributed by atoms with Crippen molar-refractivity contribution in [2.24, 2.45) is 0 Å². The maximum absolute atomic E-state index is 12.1. The van der Waals surface area contributed by atoms with E-state index in [0.717, 1.165) is 49.3 Å². The standard InChI is InChI=1S/C18H27IN4O2/c1-2-22-10-12-23(13-11-22)9-5-8-20-17(24)14-21-18(25)15-6-3-4-7-16(15)19/h3-4,6-7H,2,5,8-14H2,1H3,(H,20,24)(H,21,25). The molecule has 7 heteroatoms. The van der Waals surface area contributed by atoms with E-state index < -0.39 is 0 Å². The Bertz CT molecular complexity index is 574. The lowest BCUT2D eigenvalue weighted by Gasteiger charge is -2.33. The Morgan fingerprint density at radius 1 is 1.08 bits per heavy atom. The van der Waals surface area contributed by atoms with Gasteiger partial charge in [0, 0.05) is 36.3 Å². The number of hydrogen-bond acceptors (Lipinski definition) is 4. The molecule has 1 aliphatic heterocycles. The monoisotopic (exact) mass is 458 g/mol. The maximum Gasteiger partial charge on any atom is 0.252 e. The van der Waals surface area contributed by atoms with Crippen LogP contribution in [-0.2, 0) is 4.79 Å². The highest BCUT2D eigenvalue weighted by Crippen LogP contribution is 2.10. The van der Waals surface area contributed by atoms with Gasteiger partial charge in [0.05, 0.1) is 12.1 Å². The van der Waals surface area contributed by atoms with Crippen molar-refractivity contribution in [3.63, 3.8) is 0 Å². The Labute approximate surface area is 163 Å². The highest BCUT2D eigenvalue weighted by atomic mass is 127.